The Balaban J connectivity index is 5.47. The molecule has 0 rings (SSSR count). The molecule has 0 aromatic heterocycles. The Kier molecular flexibility index (Phi) is 54.7. The van der Waals surface area contributed by atoms with Gasteiger partial charge in [-0.3, -0.25) is 14.5 Å². The lowest BCUT2D eigenvalue weighted by atomic mass is 9.96. The number of ether oxygens (including phenoxy) is 4. The van der Waals surface area contributed by atoms with Gasteiger partial charge in [0.05, 0.1) is 13.2 Å². The Morgan fingerprint density at radius 3 is 1.04 bits per heavy atom. The first-order valence-electron chi connectivity index (χ1n) is 32.7. The smallest absolute Gasteiger partial charge is 0.409 e. The number of unbranched alkanes of at least 4 members (excludes halogenated alkanes) is 21. The van der Waals surface area contributed by atoms with Crippen molar-refractivity contribution in [2.45, 2.75) is 279 Å². The van der Waals surface area contributed by atoms with Gasteiger partial charge in [0.15, 0.2) is 0 Å². The van der Waals surface area contributed by atoms with Gasteiger partial charge in [-0.05, 0) is 122 Å². The summed E-state index contributed by atoms with van der Waals surface area (Å²) in [5.41, 5.74) is 0. The fraction of sp³-hybridized carbons (Fsp3) is 0.938. The van der Waals surface area contributed by atoms with E-state index in [0.717, 1.165) is 142 Å². The number of aliphatic hydroxyl groups is 1. The zero-order chi connectivity index (χ0) is 56.7. The van der Waals surface area contributed by atoms with Crippen LogP contribution in [0.5, 0.6) is 0 Å². The van der Waals surface area contributed by atoms with Crippen molar-refractivity contribution < 1.29 is 43.2 Å². The first kappa shape index (κ1) is 74.4. The summed E-state index contributed by atoms with van der Waals surface area (Å²) in [6.07, 6.45) is 37.8. The fourth-order valence-corrected chi connectivity index (χ4v) is 10.0. The van der Waals surface area contributed by atoms with Crippen LogP contribution in [0.3, 0.4) is 0 Å². The number of hydrogen-bond donors (Lipinski definition) is 1. The zero-order valence-corrected chi connectivity index (χ0v) is 51.7. The molecule has 1 N–H and O–H groups in total. The average molecular weight is 1100 g/mol. The van der Waals surface area contributed by atoms with E-state index in [1.165, 1.54) is 103 Å². The van der Waals surface area contributed by atoms with Gasteiger partial charge in [-0.15, -0.1) is 0 Å². The molecule has 13 heteroatoms. The third-order valence-electron chi connectivity index (χ3n) is 15.2. The van der Waals surface area contributed by atoms with E-state index in [9.17, 15) is 24.3 Å². The summed E-state index contributed by atoms with van der Waals surface area (Å²) in [6, 6.07) is 0. The number of carbonyl (C=O) groups is 4. The summed E-state index contributed by atoms with van der Waals surface area (Å²) in [5, 5.41) is 9.28. The number of nitrogens with zero attached hydrogens (tertiary/aromatic N) is 4. The van der Waals surface area contributed by atoms with Gasteiger partial charge in [0.25, 0.3) is 0 Å². The highest BCUT2D eigenvalue weighted by atomic mass is 16.6. The second-order valence-corrected chi connectivity index (χ2v) is 22.7. The van der Waals surface area contributed by atoms with Gasteiger partial charge in [0.2, 0.25) is 0 Å². The summed E-state index contributed by atoms with van der Waals surface area (Å²) in [4.78, 5) is 61.1. The molecule has 0 spiro atoms. The highest BCUT2D eigenvalue weighted by Crippen LogP contribution is 2.21. The first-order chi connectivity index (χ1) is 37.6. The van der Waals surface area contributed by atoms with Crippen LogP contribution in [-0.4, -0.2) is 148 Å². The minimum atomic E-state index is -0.289. The van der Waals surface area contributed by atoms with Crippen molar-refractivity contribution in [1.82, 2.24) is 19.6 Å². The molecule has 13 nitrogen and oxygen atoms in total. The van der Waals surface area contributed by atoms with Crippen LogP contribution in [0.4, 0.5) is 9.59 Å². The molecule has 0 unspecified atom stereocenters. The van der Waals surface area contributed by atoms with Gasteiger partial charge in [-0.25, -0.2) is 9.59 Å². The maximum atomic E-state index is 13.7. The van der Waals surface area contributed by atoms with E-state index in [-0.39, 0.29) is 43.9 Å². The predicted octanol–water partition coefficient (Wildman–Crippen LogP) is 16.0. The van der Waals surface area contributed by atoms with Crippen molar-refractivity contribution >= 4 is 24.1 Å². The van der Waals surface area contributed by atoms with Gasteiger partial charge >= 0.3 is 24.1 Å². The molecular formula is C64H126N4O9. The van der Waals surface area contributed by atoms with Crippen LogP contribution in [0.25, 0.3) is 0 Å². The standard InChI is InChI=1S/C64H126N4O9/c1-8-14-20-22-32-48-67(50-34-24-30-43-61(70)76-57-59(39-26-16-10-3)40-27-17-11-4)63(72)74-55-52-66(47-38-46-65(7)45-36-37-54-69)53-56-75-64(73)68(49-33-23-21-15-9-2)51-35-25-31-44-62(71)77-58-60(41-28-18-12-5)42-29-19-13-6/h59-60,69H,8-58H2,1-7H3. The molecular weight excluding hydrogens is 969 g/mol. The molecule has 0 aliphatic carbocycles. The molecule has 0 heterocycles. The summed E-state index contributed by atoms with van der Waals surface area (Å²) in [6.45, 7) is 21.2. The maximum Gasteiger partial charge on any atom is 0.409 e. The van der Waals surface area contributed by atoms with Crippen LogP contribution in [0.2, 0.25) is 0 Å². The minimum absolute atomic E-state index is 0.104. The van der Waals surface area contributed by atoms with Gasteiger partial charge in [0, 0.05) is 58.7 Å². The Morgan fingerprint density at radius 1 is 0.351 bits per heavy atom. The summed E-state index contributed by atoms with van der Waals surface area (Å²) >= 11 is 0. The van der Waals surface area contributed by atoms with E-state index in [2.05, 4.69) is 58.4 Å². The van der Waals surface area contributed by atoms with Gasteiger partial charge in [-0.2, -0.15) is 0 Å². The van der Waals surface area contributed by atoms with Crippen LogP contribution < -0.4 is 0 Å². The maximum absolute atomic E-state index is 13.7. The molecule has 0 radical (unpaired) electrons. The van der Waals surface area contributed by atoms with Gasteiger partial charge < -0.3 is 38.8 Å². The molecule has 77 heavy (non-hydrogen) atoms. The van der Waals surface area contributed by atoms with Crippen LogP contribution in [0.1, 0.15) is 279 Å². The molecule has 0 fully saturated rings. The molecule has 0 atom stereocenters. The van der Waals surface area contributed by atoms with Crippen LogP contribution in [-0.2, 0) is 28.5 Å². The summed E-state index contributed by atoms with van der Waals surface area (Å²) in [7, 11) is 2.11. The molecule has 0 aliphatic rings. The van der Waals surface area contributed by atoms with Crippen molar-refractivity contribution in [2.24, 2.45) is 11.8 Å². The molecule has 456 valence electrons. The highest BCUT2D eigenvalue weighted by Gasteiger charge is 2.19. The van der Waals surface area contributed by atoms with E-state index in [4.69, 9.17) is 18.9 Å². The normalized spacial score (nSPS) is 11.6. The predicted molar refractivity (Wildman–Crippen MR) is 321 cm³/mol. The lowest BCUT2D eigenvalue weighted by molar-refractivity contribution is -0.146. The monoisotopic (exact) mass is 1090 g/mol. The molecule has 0 aromatic carbocycles. The second kappa shape index (κ2) is 56.6. The van der Waals surface area contributed by atoms with E-state index >= 15 is 0 Å². The molecule has 0 saturated heterocycles. The third kappa shape index (κ3) is 47.8. The largest absolute Gasteiger partial charge is 0.465 e. The van der Waals surface area contributed by atoms with Crippen molar-refractivity contribution in [3.63, 3.8) is 0 Å². The van der Waals surface area contributed by atoms with E-state index in [0.29, 0.717) is 77.2 Å². The summed E-state index contributed by atoms with van der Waals surface area (Å²) in [5.74, 6) is 0.708. The average Bonchev–Trinajstić information content (AvgIpc) is 3.42. The minimum Gasteiger partial charge on any atom is -0.465 e. The Bertz CT molecular complexity index is 1220. The molecule has 0 aromatic rings. The van der Waals surface area contributed by atoms with Crippen LogP contribution in [0, 0.1) is 11.8 Å². The summed E-state index contributed by atoms with van der Waals surface area (Å²) < 4.78 is 23.6. The fourth-order valence-electron chi connectivity index (χ4n) is 10.0. The van der Waals surface area contributed by atoms with Gasteiger partial charge in [-0.1, -0.05) is 183 Å². The quantitative estimate of drug-likeness (QED) is 0.0354. The second-order valence-electron chi connectivity index (χ2n) is 22.7. The number of esters is 2. The zero-order valence-electron chi connectivity index (χ0n) is 51.7. The molecule has 0 bridgehead atoms. The van der Waals surface area contributed by atoms with Crippen molar-refractivity contribution in [1.29, 1.82) is 0 Å². The molecule has 0 saturated carbocycles. The highest BCUT2D eigenvalue weighted by molar-refractivity contribution is 5.70. The van der Waals surface area contributed by atoms with Gasteiger partial charge in [0.1, 0.15) is 13.2 Å². The van der Waals surface area contributed by atoms with Crippen molar-refractivity contribution in [3.8, 4) is 0 Å². The topological polar surface area (TPSA) is 138 Å². The van der Waals surface area contributed by atoms with E-state index in [1.807, 2.05) is 9.80 Å². The van der Waals surface area contributed by atoms with E-state index in [1.54, 1.807) is 0 Å². The first-order valence-corrected chi connectivity index (χ1v) is 32.7. The number of carbonyl (C=O) groups excluding carboxylic acids is 4. The molecule has 2 amide bonds. The number of aliphatic hydroxyl groups excluding tert-OH is 1. The van der Waals surface area contributed by atoms with E-state index < -0.39 is 0 Å². The van der Waals surface area contributed by atoms with Crippen molar-refractivity contribution in [3.05, 3.63) is 0 Å². The number of rotatable bonds is 58. The molecule has 0 aliphatic heterocycles. The van der Waals surface area contributed by atoms with Crippen molar-refractivity contribution in [2.75, 3.05) is 99.0 Å². The van der Waals surface area contributed by atoms with Crippen LogP contribution >= 0.6 is 0 Å². The Hall–Kier alpha value is -2.64. The lowest BCUT2D eigenvalue weighted by Gasteiger charge is -2.26. The van der Waals surface area contributed by atoms with Crippen LogP contribution in [0.15, 0.2) is 0 Å². The SMILES string of the molecule is CCCCCCCN(CCCCCC(=O)OCC(CCCCC)CCCCC)C(=O)OCCN(CCCN(C)CCCCO)CCOC(=O)N(CCCCCCC)CCCCCC(=O)OCC(CCCCC)CCCCC. The number of amides is 2. The number of hydrogen-bond acceptors (Lipinski definition) is 11. The Labute approximate surface area is 475 Å². The lowest BCUT2D eigenvalue weighted by Crippen LogP contribution is -2.39. The Morgan fingerprint density at radius 2 is 0.675 bits per heavy atom. The third-order valence-corrected chi connectivity index (χ3v) is 15.2.